The minimum atomic E-state index is 0.428. The van der Waals surface area contributed by atoms with Gasteiger partial charge in [0, 0.05) is 23.6 Å². The van der Waals surface area contributed by atoms with Gasteiger partial charge in [-0.3, -0.25) is 0 Å². The lowest BCUT2D eigenvalue weighted by molar-refractivity contribution is -0.0260. The third-order valence-electron chi connectivity index (χ3n) is 3.96. The molecule has 1 aliphatic rings. The number of ether oxygens (including phenoxy) is 1. The molecule has 1 aromatic heterocycles. The Kier molecular flexibility index (Phi) is 5.86. The molecular formula is C16H27NOS. The molecule has 1 saturated heterocycles. The molecule has 2 nitrogen and oxygen atoms in total. The summed E-state index contributed by atoms with van der Waals surface area (Å²) in [5.74, 6) is 0.621. The Morgan fingerprint density at radius 3 is 2.95 bits per heavy atom. The van der Waals surface area contributed by atoms with Crippen LogP contribution < -0.4 is 5.32 Å². The third kappa shape index (κ3) is 4.30. The van der Waals surface area contributed by atoms with Gasteiger partial charge in [0.15, 0.2) is 0 Å². The average Bonchev–Trinajstić information content (AvgIpc) is 2.92. The number of nitrogens with one attached hydrogen (secondary N) is 1. The van der Waals surface area contributed by atoms with Gasteiger partial charge >= 0.3 is 0 Å². The summed E-state index contributed by atoms with van der Waals surface area (Å²) in [6.07, 6.45) is 5.19. The molecule has 19 heavy (non-hydrogen) atoms. The normalized spacial score (nSPS) is 25.7. The molecule has 3 atom stereocenters. The molecule has 0 spiro atoms. The van der Waals surface area contributed by atoms with Crippen molar-refractivity contribution in [2.75, 3.05) is 6.61 Å². The molecule has 1 aliphatic heterocycles. The van der Waals surface area contributed by atoms with Crippen molar-refractivity contribution in [3.63, 3.8) is 0 Å². The Balaban J connectivity index is 1.93. The highest BCUT2D eigenvalue weighted by Crippen LogP contribution is 2.27. The molecule has 0 bridgehead atoms. The van der Waals surface area contributed by atoms with Crippen molar-refractivity contribution in [1.29, 1.82) is 0 Å². The van der Waals surface area contributed by atoms with E-state index < -0.39 is 0 Å². The lowest BCUT2D eigenvalue weighted by Crippen LogP contribution is -2.42. The van der Waals surface area contributed by atoms with Gasteiger partial charge in [0.25, 0.3) is 0 Å². The molecule has 3 heteroatoms. The van der Waals surface area contributed by atoms with E-state index in [1.165, 1.54) is 17.7 Å². The Hall–Kier alpha value is -0.380. The zero-order valence-corrected chi connectivity index (χ0v) is 13.2. The molecule has 2 heterocycles. The first-order valence-electron chi connectivity index (χ1n) is 7.61. The molecule has 1 fully saturated rings. The van der Waals surface area contributed by atoms with Crippen LogP contribution in [0.15, 0.2) is 17.5 Å². The van der Waals surface area contributed by atoms with E-state index in [0.29, 0.717) is 24.1 Å². The Morgan fingerprint density at radius 1 is 1.47 bits per heavy atom. The minimum absolute atomic E-state index is 0.428. The van der Waals surface area contributed by atoms with Gasteiger partial charge in [0.1, 0.15) is 0 Å². The van der Waals surface area contributed by atoms with Crippen LogP contribution in [0.5, 0.6) is 0 Å². The topological polar surface area (TPSA) is 21.3 Å². The summed E-state index contributed by atoms with van der Waals surface area (Å²) < 4.78 is 5.86. The Labute approximate surface area is 121 Å². The number of hydrogen-bond acceptors (Lipinski definition) is 3. The maximum absolute atomic E-state index is 5.86. The lowest BCUT2D eigenvalue weighted by Gasteiger charge is -2.34. The molecule has 1 aromatic rings. The van der Waals surface area contributed by atoms with Gasteiger partial charge in [-0.15, -0.1) is 11.3 Å². The van der Waals surface area contributed by atoms with Gasteiger partial charge in [-0.05, 0) is 36.6 Å². The first-order chi connectivity index (χ1) is 9.20. The molecule has 0 radical (unpaired) electrons. The average molecular weight is 281 g/mol. The first-order valence-corrected chi connectivity index (χ1v) is 8.49. The van der Waals surface area contributed by atoms with Crippen molar-refractivity contribution in [2.24, 2.45) is 5.92 Å². The second-order valence-corrected chi connectivity index (χ2v) is 6.88. The lowest BCUT2D eigenvalue weighted by atomic mass is 9.94. The first kappa shape index (κ1) is 15.0. The molecule has 0 saturated carbocycles. The second kappa shape index (κ2) is 7.41. The van der Waals surface area contributed by atoms with Crippen LogP contribution >= 0.6 is 11.3 Å². The van der Waals surface area contributed by atoms with Crippen molar-refractivity contribution < 1.29 is 4.74 Å². The Bertz CT molecular complexity index is 350. The van der Waals surface area contributed by atoms with E-state index in [4.69, 9.17) is 4.74 Å². The third-order valence-corrected chi connectivity index (χ3v) is 4.95. The van der Waals surface area contributed by atoms with Gasteiger partial charge in [0.2, 0.25) is 0 Å². The zero-order chi connectivity index (χ0) is 13.7. The van der Waals surface area contributed by atoms with E-state index >= 15 is 0 Å². The van der Waals surface area contributed by atoms with Crippen LogP contribution in [0.1, 0.15) is 57.4 Å². The van der Waals surface area contributed by atoms with E-state index in [1.54, 1.807) is 0 Å². The summed E-state index contributed by atoms with van der Waals surface area (Å²) in [5.41, 5.74) is 0. The smallest absolute Gasteiger partial charge is 0.0612 e. The largest absolute Gasteiger partial charge is 0.378 e. The van der Waals surface area contributed by atoms with Crippen molar-refractivity contribution in [3.8, 4) is 0 Å². The van der Waals surface area contributed by atoms with Crippen LogP contribution in [-0.4, -0.2) is 18.8 Å². The van der Waals surface area contributed by atoms with Gasteiger partial charge in [-0.25, -0.2) is 0 Å². The fraction of sp³-hybridized carbons (Fsp3) is 0.750. The Morgan fingerprint density at radius 2 is 2.32 bits per heavy atom. The van der Waals surface area contributed by atoms with Crippen molar-refractivity contribution in [2.45, 2.75) is 64.6 Å². The number of rotatable bonds is 6. The molecule has 3 unspecified atom stereocenters. The summed E-state index contributed by atoms with van der Waals surface area (Å²) in [6, 6.07) is 5.56. The second-order valence-electron chi connectivity index (χ2n) is 5.90. The summed E-state index contributed by atoms with van der Waals surface area (Å²) in [6.45, 7) is 7.69. The highest BCUT2D eigenvalue weighted by molar-refractivity contribution is 7.10. The van der Waals surface area contributed by atoms with E-state index in [0.717, 1.165) is 19.4 Å². The van der Waals surface area contributed by atoms with E-state index in [2.05, 4.69) is 43.6 Å². The van der Waals surface area contributed by atoms with Crippen molar-refractivity contribution >= 4 is 11.3 Å². The van der Waals surface area contributed by atoms with Crippen LogP contribution in [0.2, 0.25) is 0 Å². The molecule has 0 aliphatic carbocycles. The van der Waals surface area contributed by atoms with Crippen molar-refractivity contribution in [1.82, 2.24) is 5.32 Å². The fourth-order valence-corrected chi connectivity index (χ4v) is 3.64. The monoisotopic (exact) mass is 281 g/mol. The SMILES string of the molecule is CCCC(NC1CCOC(C(C)C)C1)c1cccs1. The molecular weight excluding hydrogens is 254 g/mol. The zero-order valence-electron chi connectivity index (χ0n) is 12.4. The summed E-state index contributed by atoms with van der Waals surface area (Å²) in [4.78, 5) is 1.48. The number of hydrogen-bond donors (Lipinski definition) is 1. The predicted octanol–water partition coefficient (Wildman–Crippen LogP) is 4.38. The van der Waals surface area contributed by atoms with Crippen LogP contribution in [0.25, 0.3) is 0 Å². The van der Waals surface area contributed by atoms with Gasteiger partial charge in [-0.2, -0.15) is 0 Å². The maximum atomic E-state index is 5.86. The molecule has 1 N–H and O–H groups in total. The van der Waals surface area contributed by atoms with Crippen LogP contribution in [0.3, 0.4) is 0 Å². The van der Waals surface area contributed by atoms with Crippen LogP contribution in [0.4, 0.5) is 0 Å². The molecule has 108 valence electrons. The molecule has 0 aromatic carbocycles. The van der Waals surface area contributed by atoms with Gasteiger partial charge in [0.05, 0.1) is 6.10 Å². The van der Waals surface area contributed by atoms with Crippen molar-refractivity contribution in [3.05, 3.63) is 22.4 Å². The van der Waals surface area contributed by atoms with E-state index in [9.17, 15) is 0 Å². The standard InChI is InChI=1S/C16H27NOS/c1-4-6-14(16-7-5-10-19-16)17-13-8-9-18-15(11-13)12(2)3/h5,7,10,12-15,17H,4,6,8-9,11H2,1-3H3. The van der Waals surface area contributed by atoms with Gasteiger partial charge in [-0.1, -0.05) is 33.3 Å². The van der Waals surface area contributed by atoms with Crippen LogP contribution in [0, 0.1) is 5.92 Å². The summed E-state index contributed by atoms with van der Waals surface area (Å²) in [5, 5.41) is 6.06. The summed E-state index contributed by atoms with van der Waals surface area (Å²) >= 11 is 1.87. The highest BCUT2D eigenvalue weighted by Gasteiger charge is 2.26. The quantitative estimate of drug-likeness (QED) is 0.835. The minimum Gasteiger partial charge on any atom is -0.378 e. The van der Waals surface area contributed by atoms with E-state index in [-0.39, 0.29) is 0 Å². The molecule has 2 rings (SSSR count). The number of thiophene rings is 1. The van der Waals surface area contributed by atoms with E-state index in [1.807, 2.05) is 11.3 Å². The van der Waals surface area contributed by atoms with Crippen LogP contribution in [-0.2, 0) is 4.74 Å². The van der Waals surface area contributed by atoms with Gasteiger partial charge < -0.3 is 10.1 Å². The fourth-order valence-electron chi connectivity index (χ4n) is 2.81. The highest BCUT2D eigenvalue weighted by atomic mass is 32.1. The maximum Gasteiger partial charge on any atom is 0.0612 e. The summed E-state index contributed by atoms with van der Waals surface area (Å²) in [7, 11) is 0. The molecule has 0 amide bonds. The predicted molar refractivity (Wildman–Crippen MR) is 82.7 cm³/mol.